The molecule has 1 amide bonds. The lowest BCUT2D eigenvalue weighted by atomic mass is 9.99. The van der Waals surface area contributed by atoms with Crippen molar-refractivity contribution in [2.24, 2.45) is 0 Å². The summed E-state index contributed by atoms with van der Waals surface area (Å²) in [6.45, 7) is 6.91. The quantitative estimate of drug-likeness (QED) is 0.913. The molecule has 1 saturated heterocycles. The molecule has 1 heterocycles. The van der Waals surface area contributed by atoms with Crippen molar-refractivity contribution in [1.82, 2.24) is 4.90 Å². The van der Waals surface area contributed by atoms with E-state index in [0.717, 1.165) is 30.1 Å². The number of ether oxygens (including phenoxy) is 1. The summed E-state index contributed by atoms with van der Waals surface area (Å²) in [5.41, 5.74) is 2.55. The highest BCUT2D eigenvalue weighted by molar-refractivity contribution is 5.97. The minimum atomic E-state index is -0.102. The Kier molecular flexibility index (Phi) is 5.35. The van der Waals surface area contributed by atoms with Gasteiger partial charge in [-0.25, -0.2) is 0 Å². The summed E-state index contributed by atoms with van der Waals surface area (Å²) in [5, 5.41) is 10.1. The largest absolute Gasteiger partial charge is 0.507 e. The highest BCUT2D eigenvalue weighted by atomic mass is 16.5. The Morgan fingerprint density at radius 2 is 1.81 bits per heavy atom. The third-order valence-corrected chi connectivity index (χ3v) is 4.90. The van der Waals surface area contributed by atoms with E-state index < -0.39 is 0 Å². The molecule has 0 spiro atoms. The van der Waals surface area contributed by atoms with E-state index in [0.29, 0.717) is 24.6 Å². The molecule has 0 atom stereocenters. The van der Waals surface area contributed by atoms with Crippen molar-refractivity contribution >= 4 is 11.6 Å². The van der Waals surface area contributed by atoms with Gasteiger partial charge < -0.3 is 19.6 Å². The maximum Gasteiger partial charge on any atom is 0.257 e. The summed E-state index contributed by atoms with van der Waals surface area (Å²) in [6, 6.07) is 13.3. The lowest BCUT2D eigenvalue weighted by Crippen LogP contribution is -2.48. The Morgan fingerprint density at radius 1 is 1.08 bits per heavy atom. The molecular formula is C21H26N2O3. The van der Waals surface area contributed by atoms with Crippen LogP contribution < -0.4 is 9.64 Å². The third kappa shape index (κ3) is 3.77. The van der Waals surface area contributed by atoms with E-state index in [1.165, 1.54) is 0 Å². The second kappa shape index (κ2) is 7.68. The number of phenols is 1. The average molecular weight is 354 g/mol. The molecule has 0 saturated carbocycles. The first-order valence-electron chi connectivity index (χ1n) is 9.01. The van der Waals surface area contributed by atoms with Gasteiger partial charge in [-0.2, -0.15) is 0 Å². The Morgan fingerprint density at radius 3 is 2.46 bits per heavy atom. The maximum atomic E-state index is 12.9. The van der Waals surface area contributed by atoms with Gasteiger partial charge in [0.15, 0.2) is 0 Å². The average Bonchev–Trinajstić information content (AvgIpc) is 2.68. The first kappa shape index (κ1) is 18.1. The van der Waals surface area contributed by atoms with Crippen LogP contribution in [0.2, 0.25) is 0 Å². The zero-order chi connectivity index (χ0) is 18.7. The van der Waals surface area contributed by atoms with Gasteiger partial charge in [-0.1, -0.05) is 26.0 Å². The van der Waals surface area contributed by atoms with Crippen LogP contribution in [0.5, 0.6) is 11.5 Å². The summed E-state index contributed by atoms with van der Waals surface area (Å²) in [6.07, 6.45) is 0. The van der Waals surface area contributed by atoms with E-state index >= 15 is 0 Å². The van der Waals surface area contributed by atoms with E-state index in [4.69, 9.17) is 4.74 Å². The van der Waals surface area contributed by atoms with Gasteiger partial charge in [0.05, 0.1) is 12.7 Å². The van der Waals surface area contributed by atoms with E-state index in [1.807, 2.05) is 35.2 Å². The molecule has 0 aliphatic carbocycles. The first-order valence-corrected chi connectivity index (χ1v) is 9.01. The Balaban J connectivity index is 1.70. The molecule has 1 N–H and O–H groups in total. The predicted molar refractivity (Wildman–Crippen MR) is 103 cm³/mol. The maximum absolute atomic E-state index is 12.9. The molecule has 1 fully saturated rings. The molecule has 5 nitrogen and oxygen atoms in total. The van der Waals surface area contributed by atoms with Gasteiger partial charge in [-0.3, -0.25) is 4.79 Å². The highest BCUT2D eigenvalue weighted by Crippen LogP contribution is 2.26. The fraction of sp³-hybridized carbons (Fsp3) is 0.381. The molecule has 2 aromatic rings. The highest BCUT2D eigenvalue weighted by Gasteiger charge is 2.24. The summed E-state index contributed by atoms with van der Waals surface area (Å²) < 4.78 is 5.29. The second-order valence-electron chi connectivity index (χ2n) is 6.91. The lowest BCUT2D eigenvalue weighted by molar-refractivity contribution is 0.0743. The van der Waals surface area contributed by atoms with E-state index in [2.05, 4.69) is 24.8 Å². The standard InChI is InChI=1S/C21H26N2O3/c1-15(2)16-7-8-20(24)19(13-16)21(25)23-11-9-22(10-12-23)17-5-4-6-18(14-17)26-3/h4-8,13-15,24H,9-12H2,1-3H3. The molecule has 0 bridgehead atoms. The van der Waals surface area contributed by atoms with Crippen LogP contribution in [0, 0.1) is 0 Å². The van der Waals surface area contributed by atoms with Gasteiger partial charge in [0.25, 0.3) is 5.91 Å². The smallest absolute Gasteiger partial charge is 0.257 e. The molecule has 2 aromatic carbocycles. The molecule has 0 unspecified atom stereocenters. The van der Waals surface area contributed by atoms with Crippen molar-refractivity contribution in [1.29, 1.82) is 0 Å². The number of benzene rings is 2. The zero-order valence-electron chi connectivity index (χ0n) is 15.6. The van der Waals surface area contributed by atoms with Gasteiger partial charge in [-0.15, -0.1) is 0 Å². The minimum absolute atomic E-state index is 0.0506. The normalized spacial score (nSPS) is 14.6. The Labute approximate surface area is 154 Å². The number of phenolic OH excluding ortho intramolecular Hbond substituents is 1. The van der Waals surface area contributed by atoms with Crippen LogP contribution in [0.15, 0.2) is 42.5 Å². The fourth-order valence-electron chi connectivity index (χ4n) is 3.23. The molecule has 1 aliphatic rings. The Bertz CT molecular complexity index is 781. The van der Waals surface area contributed by atoms with Crippen LogP contribution in [0.1, 0.15) is 35.7 Å². The van der Waals surface area contributed by atoms with Crippen LogP contribution in [0.4, 0.5) is 5.69 Å². The molecule has 26 heavy (non-hydrogen) atoms. The summed E-state index contributed by atoms with van der Waals surface area (Å²) in [7, 11) is 1.66. The molecule has 0 aromatic heterocycles. The number of piperazine rings is 1. The van der Waals surface area contributed by atoms with Crippen molar-refractivity contribution in [3.8, 4) is 11.5 Å². The van der Waals surface area contributed by atoms with E-state index in [9.17, 15) is 9.90 Å². The van der Waals surface area contributed by atoms with Crippen LogP contribution in [-0.4, -0.2) is 49.2 Å². The molecular weight excluding hydrogens is 328 g/mol. The van der Waals surface area contributed by atoms with Crippen molar-refractivity contribution < 1.29 is 14.6 Å². The van der Waals surface area contributed by atoms with Crippen molar-refractivity contribution in [2.75, 3.05) is 38.2 Å². The molecule has 138 valence electrons. The number of anilines is 1. The van der Waals surface area contributed by atoms with Crippen LogP contribution in [0.25, 0.3) is 0 Å². The zero-order valence-corrected chi connectivity index (χ0v) is 15.6. The summed E-state index contributed by atoms with van der Waals surface area (Å²) >= 11 is 0. The molecule has 3 rings (SSSR count). The number of rotatable bonds is 4. The third-order valence-electron chi connectivity index (χ3n) is 4.90. The SMILES string of the molecule is COc1cccc(N2CCN(C(=O)c3cc(C(C)C)ccc3O)CC2)c1. The van der Waals surface area contributed by atoms with Crippen molar-refractivity contribution in [3.63, 3.8) is 0 Å². The Hall–Kier alpha value is -2.69. The van der Waals surface area contributed by atoms with Crippen LogP contribution in [0.3, 0.4) is 0 Å². The van der Waals surface area contributed by atoms with Gasteiger partial charge in [0.2, 0.25) is 0 Å². The van der Waals surface area contributed by atoms with Crippen molar-refractivity contribution in [3.05, 3.63) is 53.6 Å². The van der Waals surface area contributed by atoms with Gasteiger partial charge in [-0.05, 0) is 35.7 Å². The number of methoxy groups -OCH3 is 1. The number of amides is 1. The molecule has 5 heteroatoms. The molecule has 0 radical (unpaired) electrons. The van der Waals surface area contributed by atoms with E-state index in [1.54, 1.807) is 13.2 Å². The lowest BCUT2D eigenvalue weighted by Gasteiger charge is -2.36. The van der Waals surface area contributed by atoms with Crippen molar-refractivity contribution in [2.45, 2.75) is 19.8 Å². The second-order valence-corrected chi connectivity index (χ2v) is 6.91. The van der Waals surface area contributed by atoms with Gasteiger partial charge in [0, 0.05) is 37.9 Å². The molecule has 1 aliphatic heterocycles. The fourth-order valence-corrected chi connectivity index (χ4v) is 3.23. The number of hydrogen-bond donors (Lipinski definition) is 1. The summed E-state index contributed by atoms with van der Waals surface area (Å²) in [4.78, 5) is 16.9. The number of aromatic hydroxyl groups is 1. The minimum Gasteiger partial charge on any atom is -0.507 e. The van der Waals surface area contributed by atoms with E-state index in [-0.39, 0.29) is 11.7 Å². The first-order chi connectivity index (χ1) is 12.5. The predicted octanol–water partition coefficient (Wildman–Crippen LogP) is 3.49. The topological polar surface area (TPSA) is 53.0 Å². The number of hydrogen-bond acceptors (Lipinski definition) is 4. The van der Waals surface area contributed by atoms with Crippen LogP contribution in [-0.2, 0) is 0 Å². The van der Waals surface area contributed by atoms with Gasteiger partial charge >= 0.3 is 0 Å². The number of carbonyl (C=O) groups is 1. The summed E-state index contributed by atoms with van der Waals surface area (Å²) in [5.74, 6) is 1.09. The number of nitrogens with zero attached hydrogens (tertiary/aromatic N) is 2. The number of carbonyl (C=O) groups excluding carboxylic acids is 1. The monoisotopic (exact) mass is 354 g/mol. The van der Waals surface area contributed by atoms with Crippen LogP contribution >= 0.6 is 0 Å². The van der Waals surface area contributed by atoms with Gasteiger partial charge in [0.1, 0.15) is 11.5 Å².